The number of rotatable bonds is 3. The first kappa shape index (κ1) is 10.5. The molecular weight excluding hydrogens is 176 g/mol. The van der Waals surface area contributed by atoms with Crippen LogP contribution in [0, 0.1) is 11.8 Å². The molecule has 0 fully saturated rings. The van der Waals surface area contributed by atoms with Crippen molar-refractivity contribution in [2.24, 2.45) is 0 Å². The third-order valence-electron chi connectivity index (χ3n) is 1.79. The van der Waals surface area contributed by atoms with Crippen molar-refractivity contribution in [3.05, 3.63) is 35.9 Å². The Bertz CT molecular complexity index is 344. The van der Waals surface area contributed by atoms with Crippen molar-refractivity contribution < 1.29 is 9.90 Å². The van der Waals surface area contributed by atoms with Gasteiger partial charge >= 0.3 is 0 Å². The van der Waals surface area contributed by atoms with Crippen LogP contribution in [-0.4, -0.2) is 17.5 Å². The lowest BCUT2D eigenvalue weighted by Gasteiger charge is -1.96. The van der Waals surface area contributed by atoms with E-state index >= 15 is 0 Å². The van der Waals surface area contributed by atoms with Gasteiger partial charge in [0.15, 0.2) is 0 Å². The number of hydrogen-bond acceptors (Lipinski definition) is 2. The Morgan fingerprint density at radius 3 is 2.64 bits per heavy atom. The normalized spacial score (nSPS) is 8.93. The minimum Gasteiger partial charge on any atom is -0.384 e. The molecule has 0 atom stereocenters. The summed E-state index contributed by atoms with van der Waals surface area (Å²) in [6.07, 6.45) is 1.12. The summed E-state index contributed by atoms with van der Waals surface area (Å²) in [4.78, 5) is 11.1. The molecule has 1 aromatic carbocycles. The summed E-state index contributed by atoms with van der Waals surface area (Å²) in [6, 6.07) is 9.79. The van der Waals surface area contributed by atoms with Crippen molar-refractivity contribution in [1.82, 2.24) is 0 Å². The van der Waals surface area contributed by atoms with E-state index in [0.29, 0.717) is 12.8 Å². The third kappa shape index (κ3) is 3.88. The summed E-state index contributed by atoms with van der Waals surface area (Å²) >= 11 is 0. The molecule has 0 unspecified atom stereocenters. The molecule has 2 nitrogen and oxygen atoms in total. The van der Waals surface area contributed by atoms with E-state index in [-0.39, 0.29) is 12.4 Å². The predicted molar refractivity (Wildman–Crippen MR) is 54.6 cm³/mol. The molecule has 0 spiro atoms. The molecule has 2 heteroatoms. The smallest absolute Gasteiger partial charge is 0.205 e. The topological polar surface area (TPSA) is 37.3 Å². The maximum atomic E-state index is 11.1. The van der Waals surface area contributed by atoms with Crippen LogP contribution in [0.3, 0.4) is 0 Å². The van der Waals surface area contributed by atoms with Crippen molar-refractivity contribution in [2.45, 2.75) is 12.8 Å². The number of hydrogen-bond donors (Lipinski definition) is 1. The molecule has 72 valence electrons. The molecular formula is C12H12O2. The Balaban J connectivity index is 2.38. The van der Waals surface area contributed by atoms with E-state index in [9.17, 15) is 4.79 Å². The Morgan fingerprint density at radius 2 is 2.00 bits per heavy atom. The van der Waals surface area contributed by atoms with Gasteiger partial charge in [-0.05, 0) is 17.9 Å². The quantitative estimate of drug-likeness (QED) is 0.571. The van der Waals surface area contributed by atoms with Crippen LogP contribution in [0.1, 0.15) is 12.0 Å². The first-order valence-corrected chi connectivity index (χ1v) is 4.49. The van der Waals surface area contributed by atoms with E-state index in [1.165, 1.54) is 0 Å². The second-order valence-corrected chi connectivity index (χ2v) is 2.87. The molecule has 0 aliphatic carbocycles. The minimum atomic E-state index is -0.253. The number of carbonyl (C=O) groups is 1. The van der Waals surface area contributed by atoms with Crippen molar-refractivity contribution in [1.29, 1.82) is 0 Å². The van der Waals surface area contributed by atoms with E-state index in [1.54, 1.807) is 0 Å². The van der Waals surface area contributed by atoms with E-state index in [1.807, 2.05) is 30.3 Å². The van der Waals surface area contributed by atoms with Gasteiger partial charge in [-0.2, -0.15) is 0 Å². The van der Waals surface area contributed by atoms with Gasteiger partial charge in [-0.15, -0.1) is 0 Å². The Kier molecular flexibility index (Phi) is 4.46. The van der Waals surface area contributed by atoms with Gasteiger partial charge in [0.2, 0.25) is 5.78 Å². The van der Waals surface area contributed by atoms with Gasteiger partial charge in [-0.1, -0.05) is 36.3 Å². The molecule has 0 aliphatic heterocycles. The Labute approximate surface area is 83.6 Å². The maximum Gasteiger partial charge on any atom is 0.205 e. The van der Waals surface area contributed by atoms with E-state index in [4.69, 9.17) is 5.11 Å². The van der Waals surface area contributed by atoms with Crippen molar-refractivity contribution in [3.63, 3.8) is 0 Å². The fraction of sp³-hybridized carbons (Fsp3) is 0.250. The highest BCUT2D eigenvalue weighted by atomic mass is 16.2. The standard InChI is InChI=1S/C12H12O2/c13-10-4-7-12(14)9-8-11-5-2-1-3-6-11/h1-3,5-6,13H,8-10H2. The van der Waals surface area contributed by atoms with Gasteiger partial charge in [0.05, 0.1) is 0 Å². The second-order valence-electron chi connectivity index (χ2n) is 2.87. The fourth-order valence-corrected chi connectivity index (χ4v) is 1.10. The van der Waals surface area contributed by atoms with Crippen LogP contribution in [0.25, 0.3) is 0 Å². The van der Waals surface area contributed by atoms with Crippen molar-refractivity contribution in [3.8, 4) is 11.8 Å². The van der Waals surface area contributed by atoms with E-state index < -0.39 is 0 Å². The highest BCUT2D eigenvalue weighted by molar-refractivity contribution is 5.95. The van der Waals surface area contributed by atoms with Gasteiger partial charge in [0, 0.05) is 6.42 Å². The van der Waals surface area contributed by atoms with Crippen LogP contribution in [0.5, 0.6) is 0 Å². The van der Waals surface area contributed by atoms with Crippen molar-refractivity contribution >= 4 is 5.78 Å². The number of aliphatic hydroxyl groups is 1. The second kappa shape index (κ2) is 5.95. The molecule has 0 amide bonds. The average molecular weight is 188 g/mol. The molecule has 0 aliphatic rings. The number of ketones is 1. The first-order chi connectivity index (χ1) is 6.83. The molecule has 0 heterocycles. The minimum absolute atomic E-state index is 0.122. The van der Waals surface area contributed by atoms with Crippen LogP contribution >= 0.6 is 0 Å². The monoisotopic (exact) mass is 188 g/mol. The van der Waals surface area contributed by atoms with Gasteiger partial charge in [-0.25, -0.2) is 0 Å². The molecule has 0 saturated heterocycles. The summed E-state index contributed by atoms with van der Waals surface area (Å²) in [7, 11) is 0. The average Bonchev–Trinajstić information content (AvgIpc) is 2.25. The summed E-state index contributed by atoms with van der Waals surface area (Å²) in [6.45, 7) is -0.253. The molecule has 1 aromatic rings. The molecule has 0 bridgehead atoms. The maximum absolute atomic E-state index is 11.1. The summed E-state index contributed by atoms with van der Waals surface area (Å²) in [5, 5.41) is 8.37. The van der Waals surface area contributed by atoms with Gasteiger partial charge in [0.25, 0.3) is 0 Å². The fourth-order valence-electron chi connectivity index (χ4n) is 1.10. The first-order valence-electron chi connectivity index (χ1n) is 4.49. The highest BCUT2D eigenvalue weighted by Crippen LogP contribution is 2.02. The number of carbonyl (C=O) groups excluding carboxylic acids is 1. The SMILES string of the molecule is O=C(C#CCO)CCc1ccccc1. The largest absolute Gasteiger partial charge is 0.384 e. The summed E-state index contributed by atoms with van der Waals surface area (Å²) < 4.78 is 0. The van der Waals surface area contributed by atoms with Crippen LogP contribution in [0.2, 0.25) is 0 Å². The van der Waals surface area contributed by atoms with Crippen LogP contribution in [0.4, 0.5) is 0 Å². The van der Waals surface area contributed by atoms with E-state index in [2.05, 4.69) is 11.8 Å². The molecule has 0 saturated carbocycles. The zero-order chi connectivity index (χ0) is 10.2. The van der Waals surface area contributed by atoms with Crippen LogP contribution in [-0.2, 0) is 11.2 Å². The van der Waals surface area contributed by atoms with Gasteiger partial charge < -0.3 is 5.11 Å². The highest BCUT2D eigenvalue weighted by Gasteiger charge is 1.97. The zero-order valence-electron chi connectivity index (χ0n) is 7.86. The molecule has 0 radical (unpaired) electrons. The molecule has 1 rings (SSSR count). The number of Topliss-reactive ketones (excluding diaryl/α,β-unsaturated/α-hetero) is 1. The lowest BCUT2D eigenvalue weighted by Crippen LogP contribution is -1.96. The van der Waals surface area contributed by atoms with Crippen LogP contribution < -0.4 is 0 Å². The number of aryl methyl sites for hydroxylation is 1. The summed E-state index contributed by atoms with van der Waals surface area (Å²) in [5.41, 5.74) is 1.13. The predicted octanol–water partition coefficient (Wildman–Crippen LogP) is 1.18. The van der Waals surface area contributed by atoms with E-state index in [0.717, 1.165) is 5.56 Å². The number of benzene rings is 1. The van der Waals surface area contributed by atoms with Gasteiger partial charge in [-0.3, -0.25) is 4.79 Å². The van der Waals surface area contributed by atoms with Gasteiger partial charge in [0.1, 0.15) is 6.61 Å². The molecule has 1 N–H and O–H groups in total. The van der Waals surface area contributed by atoms with Crippen LogP contribution in [0.15, 0.2) is 30.3 Å². The van der Waals surface area contributed by atoms with Crippen molar-refractivity contribution in [2.75, 3.05) is 6.61 Å². The summed E-state index contributed by atoms with van der Waals surface area (Å²) in [5.74, 6) is 4.58. The number of aliphatic hydroxyl groups excluding tert-OH is 1. The third-order valence-corrected chi connectivity index (χ3v) is 1.79. The molecule has 0 aromatic heterocycles. The lowest BCUT2D eigenvalue weighted by molar-refractivity contribution is -0.113. The molecule has 14 heavy (non-hydrogen) atoms. The lowest BCUT2D eigenvalue weighted by atomic mass is 10.1. The Hall–Kier alpha value is -1.59. The zero-order valence-corrected chi connectivity index (χ0v) is 7.86. The Morgan fingerprint density at radius 1 is 1.29 bits per heavy atom.